The number of benzene rings is 1. The fourth-order valence-corrected chi connectivity index (χ4v) is 3.31. The third kappa shape index (κ3) is 3.42. The maximum atomic E-state index is 5.55. The van der Waals surface area contributed by atoms with Gasteiger partial charge in [0.25, 0.3) is 0 Å². The molecule has 1 N–H and O–H groups in total. The van der Waals surface area contributed by atoms with Gasteiger partial charge >= 0.3 is 0 Å². The first-order valence-electron chi connectivity index (χ1n) is 9.63. The number of ether oxygens (including phenoxy) is 1. The highest BCUT2D eigenvalue weighted by Gasteiger charge is 2.13. The summed E-state index contributed by atoms with van der Waals surface area (Å²) >= 11 is 0. The molecule has 0 saturated heterocycles. The number of nitrogens with one attached hydrogen (secondary N) is 1. The van der Waals surface area contributed by atoms with Gasteiger partial charge in [-0.25, -0.2) is 15.0 Å². The molecule has 0 aliphatic carbocycles. The monoisotopic (exact) mass is 384 g/mol. The predicted molar refractivity (Wildman–Crippen MR) is 113 cm³/mol. The van der Waals surface area contributed by atoms with E-state index in [1.165, 1.54) is 11.1 Å². The third-order valence-electron chi connectivity index (χ3n) is 4.76. The zero-order valence-corrected chi connectivity index (χ0v) is 16.0. The highest BCUT2D eigenvalue weighted by Crippen LogP contribution is 2.27. The number of aromatic nitrogens is 4. The molecule has 144 valence electrons. The van der Waals surface area contributed by atoms with E-state index >= 15 is 0 Å². The van der Waals surface area contributed by atoms with Crippen molar-refractivity contribution in [3.05, 3.63) is 66.2 Å². The molecule has 7 heteroatoms. The average Bonchev–Trinajstić information content (AvgIpc) is 3.42. The van der Waals surface area contributed by atoms with Crippen LogP contribution in [-0.2, 0) is 6.54 Å². The quantitative estimate of drug-likeness (QED) is 0.538. The number of pyridine rings is 1. The van der Waals surface area contributed by atoms with Gasteiger partial charge in [-0.1, -0.05) is 19.1 Å². The lowest BCUT2D eigenvalue weighted by atomic mass is 10.0. The standard InChI is InChI=1S/C22H20N6O/c1-2-9-29-20-6-5-18(13-25-20)26-21-22-24-7-8-28(22)14-19(27-21)15-3-4-16-11-23-12-17(16)10-15/h3-8,10-11,13-14H,2,9,12H2,1H3,(H,26,27). The minimum atomic E-state index is 0.616. The van der Waals surface area contributed by atoms with Crippen molar-refractivity contribution in [1.29, 1.82) is 0 Å². The minimum absolute atomic E-state index is 0.616. The molecule has 1 aromatic carbocycles. The lowest BCUT2D eigenvalue weighted by molar-refractivity contribution is 0.305. The van der Waals surface area contributed by atoms with E-state index in [-0.39, 0.29) is 0 Å². The summed E-state index contributed by atoms with van der Waals surface area (Å²) in [4.78, 5) is 18.0. The number of hydrogen-bond donors (Lipinski definition) is 1. The molecule has 0 bridgehead atoms. The highest BCUT2D eigenvalue weighted by atomic mass is 16.5. The molecular weight excluding hydrogens is 364 g/mol. The van der Waals surface area contributed by atoms with Crippen molar-refractivity contribution in [3.8, 4) is 17.1 Å². The zero-order valence-electron chi connectivity index (χ0n) is 16.0. The van der Waals surface area contributed by atoms with Crippen LogP contribution in [0.2, 0.25) is 0 Å². The Hall–Kier alpha value is -3.74. The summed E-state index contributed by atoms with van der Waals surface area (Å²) in [6.45, 7) is 3.45. The molecule has 5 rings (SSSR count). The van der Waals surface area contributed by atoms with Crippen LogP contribution in [0.5, 0.6) is 5.88 Å². The van der Waals surface area contributed by atoms with Gasteiger partial charge in [0.2, 0.25) is 5.88 Å². The normalized spacial score (nSPS) is 12.3. The van der Waals surface area contributed by atoms with Crippen LogP contribution in [0.1, 0.15) is 24.5 Å². The van der Waals surface area contributed by atoms with Crippen molar-refractivity contribution in [1.82, 2.24) is 19.4 Å². The number of fused-ring (bicyclic) bond motifs is 2. The van der Waals surface area contributed by atoms with E-state index in [2.05, 4.69) is 45.4 Å². The van der Waals surface area contributed by atoms with Crippen molar-refractivity contribution in [2.75, 3.05) is 11.9 Å². The number of rotatable bonds is 6. The van der Waals surface area contributed by atoms with Gasteiger partial charge in [0.15, 0.2) is 11.5 Å². The largest absolute Gasteiger partial charge is 0.478 e. The zero-order chi connectivity index (χ0) is 19.6. The second kappa shape index (κ2) is 7.35. The van der Waals surface area contributed by atoms with E-state index in [0.717, 1.165) is 35.6 Å². The molecule has 0 unspecified atom stereocenters. The smallest absolute Gasteiger partial charge is 0.213 e. The first kappa shape index (κ1) is 17.4. The molecule has 4 aromatic rings. The first-order chi connectivity index (χ1) is 14.3. The van der Waals surface area contributed by atoms with Crippen molar-refractivity contribution in [2.45, 2.75) is 19.9 Å². The van der Waals surface area contributed by atoms with Crippen LogP contribution in [0, 0.1) is 0 Å². The van der Waals surface area contributed by atoms with E-state index in [9.17, 15) is 0 Å². The van der Waals surface area contributed by atoms with Crippen LogP contribution >= 0.6 is 0 Å². The molecule has 7 nitrogen and oxygen atoms in total. The van der Waals surface area contributed by atoms with Gasteiger partial charge in [0.1, 0.15) is 0 Å². The second-order valence-electron chi connectivity index (χ2n) is 6.87. The summed E-state index contributed by atoms with van der Waals surface area (Å²) in [5.41, 5.74) is 5.89. The highest BCUT2D eigenvalue weighted by molar-refractivity contribution is 5.86. The van der Waals surface area contributed by atoms with Crippen molar-refractivity contribution >= 4 is 23.4 Å². The molecule has 0 spiro atoms. The second-order valence-corrected chi connectivity index (χ2v) is 6.87. The molecule has 0 saturated carbocycles. The Morgan fingerprint density at radius 3 is 3.00 bits per heavy atom. The van der Waals surface area contributed by atoms with Gasteiger partial charge in [-0.3, -0.25) is 4.99 Å². The molecule has 0 amide bonds. The van der Waals surface area contributed by atoms with Crippen LogP contribution in [0.3, 0.4) is 0 Å². The minimum Gasteiger partial charge on any atom is -0.478 e. The maximum Gasteiger partial charge on any atom is 0.213 e. The topological polar surface area (TPSA) is 76.7 Å². The van der Waals surface area contributed by atoms with Crippen LogP contribution < -0.4 is 10.1 Å². The van der Waals surface area contributed by atoms with E-state index < -0.39 is 0 Å². The van der Waals surface area contributed by atoms with Gasteiger partial charge in [-0.05, 0) is 29.7 Å². The van der Waals surface area contributed by atoms with Crippen molar-refractivity contribution in [2.24, 2.45) is 4.99 Å². The number of aliphatic imine (C=N–C) groups is 1. The fourth-order valence-electron chi connectivity index (χ4n) is 3.31. The Bertz CT molecular complexity index is 1200. The van der Waals surface area contributed by atoms with Gasteiger partial charge in [-0.15, -0.1) is 0 Å². The Morgan fingerprint density at radius 1 is 1.17 bits per heavy atom. The number of nitrogens with zero attached hydrogens (tertiary/aromatic N) is 5. The number of anilines is 2. The summed E-state index contributed by atoms with van der Waals surface area (Å²) in [6.07, 6.45) is 10.3. The average molecular weight is 384 g/mol. The van der Waals surface area contributed by atoms with E-state index in [0.29, 0.717) is 18.3 Å². The summed E-state index contributed by atoms with van der Waals surface area (Å²) in [6, 6.07) is 10.1. The Morgan fingerprint density at radius 2 is 2.14 bits per heavy atom. The van der Waals surface area contributed by atoms with Gasteiger partial charge in [0, 0.05) is 36.4 Å². The molecule has 0 fully saturated rings. The van der Waals surface area contributed by atoms with E-state index in [1.807, 2.05) is 35.1 Å². The molecule has 1 aliphatic heterocycles. The maximum absolute atomic E-state index is 5.55. The van der Waals surface area contributed by atoms with Crippen LogP contribution in [0.15, 0.2) is 60.1 Å². The summed E-state index contributed by atoms with van der Waals surface area (Å²) in [5.74, 6) is 1.29. The van der Waals surface area contributed by atoms with E-state index in [1.54, 1.807) is 12.4 Å². The lowest BCUT2D eigenvalue weighted by Crippen LogP contribution is -2.02. The molecule has 4 heterocycles. The number of hydrogen-bond acceptors (Lipinski definition) is 6. The molecule has 1 aliphatic rings. The van der Waals surface area contributed by atoms with Gasteiger partial charge < -0.3 is 14.5 Å². The van der Waals surface area contributed by atoms with Gasteiger partial charge in [-0.2, -0.15) is 0 Å². The molecule has 29 heavy (non-hydrogen) atoms. The van der Waals surface area contributed by atoms with Crippen LogP contribution in [0.25, 0.3) is 16.9 Å². The van der Waals surface area contributed by atoms with Crippen LogP contribution in [-0.4, -0.2) is 32.2 Å². The van der Waals surface area contributed by atoms with Crippen molar-refractivity contribution in [3.63, 3.8) is 0 Å². The Labute approximate surface area is 168 Å². The van der Waals surface area contributed by atoms with Crippen molar-refractivity contribution < 1.29 is 4.74 Å². The Balaban J connectivity index is 1.48. The number of imidazole rings is 1. The summed E-state index contributed by atoms with van der Waals surface area (Å²) in [7, 11) is 0. The summed E-state index contributed by atoms with van der Waals surface area (Å²) < 4.78 is 7.52. The molecular formula is C22H20N6O. The summed E-state index contributed by atoms with van der Waals surface area (Å²) in [5, 5.41) is 3.34. The lowest BCUT2D eigenvalue weighted by Gasteiger charge is -2.11. The molecule has 0 atom stereocenters. The van der Waals surface area contributed by atoms with Crippen LogP contribution in [0.4, 0.5) is 11.5 Å². The third-order valence-corrected chi connectivity index (χ3v) is 4.76. The Kier molecular flexibility index (Phi) is 4.40. The van der Waals surface area contributed by atoms with Gasteiger partial charge in [0.05, 0.1) is 30.7 Å². The SMILES string of the molecule is CCCOc1ccc(Nc2nc(-c3ccc4c(c3)CN=C4)cn3ccnc23)cn1. The predicted octanol–water partition coefficient (Wildman–Crippen LogP) is 4.26. The molecule has 0 radical (unpaired) electrons. The first-order valence-corrected chi connectivity index (χ1v) is 9.63. The molecule has 3 aromatic heterocycles. The fraction of sp³-hybridized carbons (Fsp3) is 0.182. The van der Waals surface area contributed by atoms with E-state index in [4.69, 9.17) is 9.72 Å².